The van der Waals surface area contributed by atoms with Crippen LogP contribution in [0.25, 0.3) is 0 Å². The van der Waals surface area contributed by atoms with Crippen LogP contribution in [0.1, 0.15) is 41.6 Å². The number of carboxylic acid groups (broad SMARTS) is 1. The molecule has 5 nitrogen and oxygen atoms in total. The van der Waals surface area contributed by atoms with Crippen molar-refractivity contribution >= 4 is 11.9 Å². The number of likely N-dealkylation sites (tertiary alicyclic amines) is 1. The van der Waals surface area contributed by atoms with Crippen LogP contribution in [0.3, 0.4) is 0 Å². The largest absolute Gasteiger partial charge is 0.481 e. The van der Waals surface area contributed by atoms with Crippen molar-refractivity contribution in [1.29, 1.82) is 0 Å². The van der Waals surface area contributed by atoms with E-state index in [0.717, 1.165) is 24.8 Å². The zero-order chi connectivity index (χ0) is 15.9. The summed E-state index contributed by atoms with van der Waals surface area (Å²) in [4.78, 5) is 25.2. The molecule has 22 heavy (non-hydrogen) atoms. The molecule has 2 rings (SSSR count). The number of nitrogens with zero attached hydrogens (tertiary/aromatic N) is 1. The Morgan fingerprint density at radius 2 is 1.95 bits per heavy atom. The number of methoxy groups -OCH3 is 1. The predicted octanol–water partition coefficient (Wildman–Crippen LogP) is 2.55. The summed E-state index contributed by atoms with van der Waals surface area (Å²) >= 11 is 0. The molecule has 0 saturated carbocycles. The van der Waals surface area contributed by atoms with Gasteiger partial charge in [0.15, 0.2) is 0 Å². The average molecular weight is 305 g/mol. The maximum Gasteiger partial charge on any atom is 0.303 e. The lowest BCUT2D eigenvalue weighted by Gasteiger charge is -2.20. The molecule has 0 bridgehead atoms. The quantitative estimate of drug-likeness (QED) is 0.908. The van der Waals surface area contributed by atoms with E-state index in [1.165, 1.54) is 0 Å². The van der Waals surface area contributed by atoms with Gasteiger partial charge in [0.25, 0.3) is 5.91 Å². The summed E-state index contributed by atoms with van der Waals surface area (Å²) < 4.78 is 5.06. The first kappa shape index (κ1) is 16.5. The molecule has 0 spiro atoms. The Bertz CT molecular complexity index is 512. The highest BCUT2D eigenvalue weighted by Crippen LogP contribution is 2.22. The van der Waals surface area contributed by atoms with Crippen LogP contribution >= 0.6 is 0 Å². The molecule has 1 heterocycles. The third-order valence-electron chi connectivity index (χ3n) is 4.11. The minimum atomic E-state index is -0.751. The van der Waals surface area contributed by atoms with Gasteiger partial charge in [-0.1, -0.05) is 12.1 Å². The van der Waals surface area contributed by atoms with Gasteiger partial charge in [-0.2, -0.15) is 0 Å². The van der Waals surface area contributed by atoms with E-state index in [0.29, 0.717) is 25.3 Å². The molecule has 1 saturated heterocycles. The minimum absolute atomic E-state index is 0.0277. The molecule has 1 amide bonds. The maximum atomic E-state index is 12.5. The van der Waals surface area contributed by atoms with Crippen molar-refractivity contribution in [2.75, 3.05) is 20.2 Å². The first-order valence-electron chi connectivity index (χ1n) is 7.69. The second-order valence-corrected chi connectivity index (χ2v) is 5.82. The molecule has 1 aliphatic heterocycles. The maximum absolute atomic E-state index is 12.5. The summed E-state index contributed by atoms with van der Waals surface area (Å²) in [5.74, 6) is -0.544. The lowest BCUT2D eigenvalue weighted by Crippen LogP contribution is -2.32. The van der Waals surface area contributed by atoms with E-state index in [9.17, 15) is 9.59 Å². The number of carboxylic acids is 1. The standard InChI is InChI=1S/C17H23NO4/c1-22-12-14-4-6-15(7-5-14)17(21)18-9-2-3-13(8-10-18)11-16(19)20/h4-7,13H,2-3,8-12H2,1H3,(H,19,20). The summed E-state index contributed by atoms with van der Waals surface area (Å²) in [6.07, 6.45) is 2.71. The Morgan fingerprint density at radius 3 is 2.59 bits per heavy atom. The highest BCUT2D eigenvalue weighted by atomic mass is 16.5. The van der Waals surface area contributed by atoms with Gasteiger partial charge < -0.3 is 14.7 Å². The zero-order valence-electron chi connectivity index (χ0n) is 13.0. The minimum Gasteiger partial charge on any atom is -0.481 e. The Balaban J connectivity index is 1.95. The van der Waals surface area contributed by atoms with Gasteiger partial charge in [0.05, 0.1) is 6.61 Å². The van der Waals surface area contributed by atoms with Crippen molar-refractivity contribution in [2.24, 2.45) is 5.92 Å². The van der Waals surface area contributed by atoms with Crippen molar-refractivity contribution in [3.63, 3.8) is 0 Å². The Kier molecular flexibility index (Phi) is 5.95. The van der Waals surface area contributed by atoms with Gasteiger partial charge in [-0.15, -0.1) is 0 Å². The number of ether oxygens (including phenoxy) is 1. The van der Waals surface area contributed by atoms with Crippen LogP contribution < -0.4 is 0 Å². The average Bonchev–Trinajstić information content (AvgIpc) is 2.73. The molecule has 1 unspecified atom stereocenters. The SMILES string of the molecule is COCc1ccc(C(=O)N2CCCC(CC(=O)O)CC2)cc1. The van der Waals surface area contributed by atoms with E-state index in [2.05, 4.69) is 0 Å². The normalized spacial score (nSPS) is 18.8. The molecule has 0 radical (unpaired) electrons. The zero-order valence-corrected chi connectivity index (χ0v) is 13.0. The van der Waals surface area contributed by atoms with E-state index >= 15 is 0 Å². The fourth-order valence-electron chi connectivity index (χ4n) is 2.91. The van der Waals surface area contributed by atoms with Crippen molar-refractivity contribution in [3.8, 4) is 0 Å². The Labute approximate surface area is 130 Å². The van der Waals surface area contributed by atoms with E-state index in [-0.39, 0.29) is 18.2 Å². The molecule has 1 aliphatic rings. The summed E-state index contributed by atoms with van der Waals surface area (Å²) in [6, 6.07) is 7.47. The van der Waals surface area contributed by atoms with Gasteiger partial charge in [0, 0.05) is 32.2 Å². The highest BCUT2D eigenvalue weighted by Gasteiger charge is 2.22. The molecule has 0 aromatic heterocycles. The molecule has 1 N–H and O–H groups in total. The number of hydrogen-bond donors (Lipinski definition) is 1. The number of carbonyl (C=O) groups is 2. The van der Waals surface area contributed by atoms with Crippen LogP contribution in [0.4, 0.5) is 0 Å². The van der Waals surface area contributed by atoms with Gasteiger partial charge in [0.1, 0.15) is 0 Å². The topological polar surface area (TPSA) is 66.8 Å². The van der Waals surface area contributed by atoms with Crippen LogP contribution in [0.5, 0.6) is 0 Å². The molecular formula is C17H23NO4. The summed E-state index contributed by atoms with van der Waals surface area (Å²) in [6.45, 7) is 1.88. The monoisotopic (exact) mass is 305 g/mol. The number of carbonyl (C=O) groups excluding carboxylic acids is 1. The highest BCUT2D eigenvalue weighted by molar-refractivity contribution is 5.94. The fraction of sp³-hybridized carbons (Fsp3) is 0.529. The van der Waals surface area contributed by atoms with Crippen LogP contribution in [0.2, 0.25) is 0 Å². The molecule has 0 aliphatic carbocycles. The molecular weight excluding hydrogens is 282 g/mol. The molecule has 120 valence electrons. The van der Waals surface area contributed by atoms with Gasteiger partial charge in [-0.05, 0) is 42.9 Å². The van der Waals surface area contributed by atoms with Gasteiger partial charge in [-0.25, -0.2) is 0 Å². The first-order valence-corrected chi connectivity index (χ1v) is 7.69. The van der Waals surface area contributed by atoms with E-state index in [4.69, 9.17) is 9.84 Å². The lowest BCUT2D eigenvalue weighted by atomic mass is 9.97. The van der Waals surface area contributed by atoms with E-state index in [1.54, 1.807) is 7.11 Å². The smallest absolute Gasteiger partial charge is 0.303 e. The first-order chi connectivity index (χ1) is 10.6. The molecule has 5 heteroatoms. The number of amides is 1. The Hall–Kier alpha value is -1.88. The third-order valence-corrected chi connectivity index (χ3v) is 4.11. The Morgan fingerprint density at radius 1 is 1.23 bits per heavy atom. The molecule has 1 atom stereocenters. The molecule has 1 aromatic carbocycles. The second-order valence-electron chi connectivity index (χ2n) is 5.82. The molecule has 1 aromatic rings. The number of hydrogen-bond acceptors (Lipinski definition) is 3. The van der Waals surface area contributed by atoms with E-state index in [1.807, 2.05) is 29.2 Å². The third kappa shape index (κ3) is 4.56. The van der Waals surface area contributed by atoms with Crippen molar-refractivity contribution < 1.29 is 19.4 Å². The van der Waals surface area contributed by atoms with Gasteiger partial charge >= 0.3 is 5.97 Å². The van der Waals surface area contributed by atoms with Crippen molar-refractivity contribution in [1.82, 2.24) is 4.90 Å². The van der Waals surface area contributed by atoms with Gasteiger partial charge in [0.2, 0.25) is 0 Å². The second kappa shape index (κ2) is 7.94. The van der Waals surface area contributed by atoms with Crippen molar-refractivity contribution in [3.05, 3.63) is 35.4 Å². The number of rotatable bonds is 5. The van der Waals surface area contributed by atoms with Crippen molar-refractivity contribution in [2.45, 2.75) is 32.3 Å². The predicted molar refractivity (Wildman–Crippen MR) is 82.7 cm³/mol. The van der Waals surface area contributed by atoms with Crippen LogP contribution in [0.15, 0.2) is 24.3 Å². The number of aliphatic carboxylic acids is 1. The molecule has 1 fully saturated rings. The summed E-state index contributed by atoms with van der Waals surface area (Å²) in [7, 11) is 1.64. The van der Waals surface area contributed by atoms with Crippen LogP contribution in [-0.2, 0) is 16.1 Å². The summed E-state index contributed by atoms with van der Waals surface area (Å²) in [5.41, 5.74) is 1.72. The summed E-state index contributed by atoms with van der Waals surface area (Å²) in [5, 5.41) is 8.89. The van der Waals surface area contributed by atoms with E-state index < -0.39 is 5.97 Å². The lowest BCUT2D eigenvalue weighted by molar-refractivity contribution is -0.138. The fourth-order valence-corrected chi connectivity index (χ4v) is 2.91. The van der Waals surface area contributed by atoms with Crippen LogP contribution in [-0.4, -0.2) is 42.1 Å². The van der Waals surface area contributed by atoms with Crippen LogP contribution in [0, 0.1) is 5.92 Å². The number of benzene rings is 1. The van der Waals surface area contributed by atoms with Gasteiger partial charge in [-0.3, -0.25) is 9.59 Å².